The zero-order chi connectivity index (χ0) is 21.1. The van der Waals surface area contributed by atoms with Gasteiger partial charge in [-0.25, -0.2) is 0 Å². The van der Waals surface area contributed by atoms with Gasteiger partial charge in [0.2, 0.25) is 11.8 Å². The van der Waals surface area contributed by atoms with E-state index in [4.69, 9.17) is 0 Å². The molecule has 0 radical (unpaired) electrons. The van der Waals surface area contributed by atoms with E-state index in [2.05, 4.69) is 10.6 Å². The van der Waals surface area contributed by atoms with Gasteiger partial charge >= 0.3 is 0 Å². The number of hydrogen-bond acceptors (Lipinski definition) is 4. The first-order valence-corrected chi connectivity index (χ1v) is 11.3. The number of hydrogen-bond donors (Lipinski definition) is 2. The average molecular weight is 424 g/mol. The second-order valence-electron chi connectivity index (χ2n) is 7.84. The number of fused-ring (bicyclic) bond motifs is 1. The molecule has 2 fully saturated rings. The largest absolute Gasteiger partial charge is 0.347 e. The number of aryl methyl sites for hydroxylation is 1. The second-order valence-corrected chi connectivity index (χ2v) is 8.87. The van der Waals surface area contributed by atoms with Crippen molar-refractivity contribution in [3.05, 3.63) is 71.3 Å². The second kappa shape index (κ2) is 8.92. The van der Waals surface area contributed by atoms with Crippen LogP contribution in [0, 0.1) is 6.92 Å². The molecule has 2 N–H and O–H groups in total. The lowest BCUT2D eigenvalue weighted by molar-refractivity contribution is -0.146. The fraction of sp³-hybridized carbons (Fsp3) is 0.348. The molecule has 2 aliphatic heterocycles. The highest BCUT2D eigenvalue weighted by Gasteiger charge is 2.46. The van der Waals surface area contributed by atoms with Gasteiger partial charge in [-0.15, -0.1) is 0 Å². The summed E-state index contributed by atoms with van der Waals surface area (Å²) in [7, 11) is 0. The number of thioether (sulfide) groups is 1. The third kappa shape index (κ3) is 4.51. The van der Waals surface area contributed by atoms with E-state index in [9.17, 15) is 14.4 Å². The molecule has 0 bridgehead atoms. The van der Waals surface area contributed by atoms with E-state index in [1.807, 2.05) is 55.5 Å². The van der Waals surface area contributed by atoms with Gasteiger partial charge in [0.1, 0.15) is 12.1 Å². The van der Waals surface area contributed by atoms with Crippen molar-refractivity contribution in [2.45, 2.75) is 37.2 Å². The first kappa shape index (κ1) is 20.5. The highest BCUT2D eigenvalue weighted by Crippen LogP contribution is 2.25. The van der Waals surface area contributed by atoms with Crippen molar-refractivity contribution in [1.82, 2.24) is 15.5 Å². The molecule has 2 saturated heterocycles. The van der Waals surface area contributed by atoms with Crippen molar-refractivity contribution in [1.29, 1.82) is 0 Å². The Balaban J connectivity index is 1.34. The Kier molecular flexibility index (Phi) is 6.08. The van der Waals surface area contributed by atoms with Gasteiger partial charge in [-0.2, -0.15) is 11.8 Å². The minimum atomic E-state index is -0.520. The van der Waals surface area contributed by atoms with Gasteiger partial charge in [0.15, 0.2) is 0 Å². The van der Waals surface area contributed by atoms with E-state index in [0.717, 1.165) is 11.3 Å². The van der Waals surface area contributed by atoms with E-state index in [0.29, 0.717) is 24.3 Å². The summed E-state index contributed by atoms with van der Waals surface area (Å²) in [6.45, 7) is 2.31. The predicted octanol–water partition coefficient (Wildman–Crippen LogP) is 2.13. The summed E-state index contributed by atoms with van der Waals surface area (Å²) in [6.07, 6.45) is 0.443. The standard InChI is InChI=1S/C23H25N3O3S/c1-15-6-5-9-17(10-15)21(27)24-18-11-20-22(28)25-19(23(29)26(20)12-18)14-30-13-16-7-3-2-4-8-16/h2-10,18-20H,11-14H2,1H3,(H,24,27)(H,25,28)/t18-,19-,20-/m0/s1. The van der Waals surface area contributed by atoms with E-state index in [-0.39, 0.29) is 23.8 Å². The molecule has 6 nitrogen and oxygen atoms in total. The molecule has 30 heavy (non-hydrogen) atoms. The number of benzene rings is 2. The SMILES string of the molecule is Cc1cccc(C(=O)N[C@H]2C[C@H]3C(=O)N[C@@H](CSCc4ccccc4)C(=O)N3C2)c1. The molecule has 4 rings (SSSR count). The highest BCUT2D eigenvalue weighted by atomic mass is 32.2. The van der Waals surface area contributed by atoms with Crippen molar-refractivity contribution in [2.24, 2.45) is 0 Å². The lowest BCUT2D eigenvalue weighted by Gasteiger charge is -2.34. The fourth-order valence-electron chi connectivity index (χ4n) is 4.00. The minimum absolute atomic E-state index is 0.0625. The van der Waals surface area contributed by atoms with Crippen molar-refractivity contribution >= 4 is 29.5 Å². The van der Waals surface area contributed by atoms with Crippen LogP contribution >= 0.6 is 11.8 Å². The van der Waals surface area contributed by atoms with Crippen LogP contribution in [0.15, 0.2) is 54.6 Å². The molecule has 2 aliphatic rings. The Morgan fingerprint density at radius 2 is 1.97 bits per heavy atom. The van der Waals surface area contributed by atoms with Gasteiger partial charge in [0.25, 0.3) is 5.91 Å². The molecule has 2 aromatic rings. The van der Waals surface area contributed by atoms with Gasteiger partial charge in [-0.1, -0.05) is 48.0 Å². The maximum absolute atomic E-state index is 12.9. The van der Waals surface area contributed by atoms with Gasteiger partial charge in [0.05, 0.1) is 0 Å². The van der Waals surface area contributed by atoms with Crippen LogP contribution in [0.2, 0.25) is 0 Å². The summed E-state index contributed by atoms with van der Waals surface area (Å²) in [5.41, 5.74) is 2.79. The number of carbonyl (C=O) groups is 3. The molecule has 0 aromatic heterocycles. The number of carbonyl (C=O) groups excluding carboxylic acids is 3. The molecule has 0 saturated carbocycles. The summed E-state index contributed by atoms with van der Waals surface area (Å²) >= 11 is 1.63. The Labute approximate surface area is 180 Å². The first-order valence-electron chi connectivity index (χ1n) is 10.1. The number of amides is 3. The smallest absolute Gasteiger partial charge is 0.251 e. The quantitative estimate of drug-likeness (QED) is 0.746. The Morgan fingerprint density at radius 1 is 1.17 bits per heavy atom. The number of rotatable bonds is 6. The van der Waals surface area contributed by atoms with Crippen molar-refractivity contribution < 1.29 is 14.4 Å². The topological polar surface area (TPSA) is 78.5 Å². The van der Waals surface area contributed by atoms with E-state index < -0.39 is 12.1 Å². The predicted molar refractivity (Wildman–Crippen MR) is 117 cm³/mol. The molecular formula is C23H25N3O3S. The maximum atomic E-state index is 12.9. The van der Waals surface area contributed by atoms with Crippen molar-refractivity contribution in [3.8, 4) is 0 Å². The Bertz CT molecular complexity index is 950. The van der Waals surface area contributed by atoms with Gasteiger partial charge in [-0.05, 0) is 31.0 Å². The zero-order valence-electron chi connectivity index (χ0n) is 16.8. The van der Waals surface area contributed by atoms with Crippen LogP contribution < -0.4 is 10.6 Å². The van der Waals surface area contributed by atoms with Crippen LogP contribution in [0.25, 0.3) is 0 Å². The van der Waals surface area contributed by atoms with E-state index >= 15 is 0 Å². The van der Waals surface area contributed by atoms with Crippen LogP contribution in [0.4, 0.5) is 0 Å². The monoisotopic (exact) mass is 423 g/mol. The molecule has 0 aliphatic carbocycles. The molecule has 0 unspecified atom stereocenters. The third-order valence-electron chi connectivity index (χ3n) is 5.51. The average Bonchev–Trinajstić information content (AvgIpc) is 3.17. The van der Waals surface area contributed by atoms with Crippen LogP contribution in [0.3, 0.4) is 0 Å². The number of nitrogens with zero attached hydrogens (tertiary/aromatic N) is 1. The minimum Gasteiger partial charge on any atom is -0.347 e. The number of nitrogens with one attached hydrogen (secondary N) is 2. The molecule has 0 spiro atoms. The third-order valence-corrected chi connectivity index (χ3v) is 6.62. The maximum Gasteiger partial charge on any atom is 0.251 e. The molecular weight excluding hydrogens is 398 g/mol. The fourth-order valence-corrected chi connectivity index (χ4v) is 5.01. The molecule has 3 amide bonds. The van der Waals surface area contributed by atoms with Crippen LogP contribution in [0.1, 0.15) is 27.9 Å². The van der Waals surface area contributed by atoms with Gasteiger partial charge in [0, 0.05) is 29.7 Å². The van der Waals surface area contributed by atoms with Crippen molar-refractivity contribution in [3.63, 3.8) is 0 Å². The summed E-state index contributed by atoms with van der Waals surface area (Å²) in [6, 6.07) is 16.2. The van der Waals surface area contributed by atoms with Crippen LogP contribution in [-0.2, 0) is 15.3 Å². The first-order chi connectivity index (χ1) is 14.5. The zero-order valence-corrected chi connectivity index (χ0v) is 17.7. The van der Waals surface area contributed by atoms with Crippen LogP contribution in [-0.4, -0.2) is 53.0 Å². The summed E-state index contributed by atoms with van der Waals surface area (Å²) in [5.74, 6) is 0.952. The lowest BCUT2D eigenvalue weighted by Crippen LogP contribution is -2.61. The molecule has 156 valence electrons. The lowest BCUT2D eigenvalue weighted by atomic mass is 10.1. The summed E-state index contributed by atoms with van der Waals surface area (Å²) < 4.78 is 0. The molecule has 7 heteroatoms. The highest BCUT2D eigenvalue weighted by molar-refractivity contribution is 7.98. The Morgan fingerprint density at radius 3 is 2.73 bits per heavy atom. The Hall–Kier alpha value is -2.80. The van der Waals surface area contributed by atoms with Crippen molar-refractivity contribution in [2.75, 3.05) is 12.3 Å². The number of piperazine rings is 1. The van der Waals surface area contributed by atoms with Crippen LogP contribution in [0.5, 0.6) is 0 Å². The van der Waals surface area contributed by atoms with E-state index in [1.54, 1.807) is 22.7 Å². The molecule has 2 aromatic carbocycles. The summed E-state index contributed by atoms with van der Waals surface area (Å²) in [4.78, 5) is 39.7. The molecule has 2 heterocycles. The van der Waals surface area contributed by atoms with E-state index in [1.165, 1.54) is 5.56 Å². The van der Waals surface area contributed by atoms with Gasteiger partial charge in [-0.3, -0.25) is 14.4 Å². The normalized spacial score (nSPS) is 23.1. The molecule has 3 atom stereocenters. The summed E-state index contributed by atoms with van der Waals surface area (Å²) in [5, 5.41) is 5.85. The van der Waals surface area contributed by atoms with Gasteiger partial charge < -0.3 is 15.5 Å².